The molecule has 9 nitrogen and oxygen atoms in total. The monoisotopic (exact) mass is 327 g/mol. The Labute approximate surface area is 134 Å². The maximum absolute atomic E-state index is 12.4. The second-order valence-corrected chi connectivity index (χ2v) is 5.14. The van der Waals surface area contributed by atoms with Crippen LogP contribution in [0.25, 0.3) is 0 Å². The van der Waals surface area contributed by atoms with E-state index in [0.29, 0.717) is 10.6 Å². The van der Waals surface area contributed by atoms with Gasteiger partial charge in [0.15, 0.2) is 0 Å². The number of nitrogens with zero attached hydrogens (tertiary/aromatic N) is 2. The van der Waals surface area contributed by atoms with Crippen LogP contribution in [0.5, 0.6) is 0 Å². The van der Waals surface area contributed by atoms with E-state index < -0.39 is 29.8 Å². The molecule has 9 heteroatoms. The molecular formula is C15H9N3O6-2. The first-order valence-corrected chi connectivity index (χ1v) is 6.81. The fourth-order valence-corrected chi connectivity index (χ4v) is 2.55. The molecule has 3 rings (SSSR count). The molecule has 0 spiro atoms. The van der Waals surface area contributed by atoms with Crippen LogP contribution in [0.3, 0.4) is 0 Å². The van der Waals surface area contributed by atoms with Crippen LogP contribution in [0.4, 0.5) is 0 Å². The zero-order valence-corrected chi connectivity index (χ0v) is 12.0. The Bertz CT molecular complexity index is 858. The molecule has 0 unspecified atom stereocenters. The van der Waals surface area contributed by atoms with Gasteiger partial charge in [-0.3, -0.25) is 14.5 Å². The highest BCUT2D eigenvalue weighted by Gasteiger charge is 2.40. The predicted molar refractivity (Wildman–Crippen MR) is 72.4 cm³/mol. The van der Waals surface area contributed by atoms with Crippen molar-refractivity contribution in [3.8, 4) is 0 Å². The number of nitrogens with one attached hydrogen (secondary N) is 1. The number of carboxylic acids is 2. The van der Waals surface area contributed by atoms with Crippen LogP contribution < -0.4 is 10.2 Å². The average molecular weight is 327 g/mol. The van der Waals surface area contributed by atoms with Crippen LogP contribution in [-0.4, -0.2) is 44.7 Å². The van der Waals surface area contributed by atoms with Gasteiger partial charge >= 0.3 is 0 Å². The van der Waals surface area contributed by atoms with Crippen molar-refractivity contribution in [2.24, 2.45) is 0 Å². The lowest BCUT2D eigenvalue weighted by atomic mass is 10.1. The Morgan fingerprint density at radius 3 is 2.46 bits per heavy atom. The minimum atomic E-state index is -1.61. The smallest absolute Gasteiger partial charge is 0.262 e. The first kappa shape index (κ1) is 15.4. The standard InChI is InChI=1S/C15H11N3O6/c19-12-9-2-1-7(14(21)22)3-10(9)13(20)18(12)11(15(23)24)4-8-5-16-6-17-8/h1-3,5-6,11H,4H2,(H,16,17)(H,21,22)(H,23,24)/p-2/t11-/m0/s1. The second kappa shape index (κ2) is 5.61. The molecule has 24 heavy (non-hydrogen) atoms. The van der Waals surface area contributed by atoms with Gasteiger partial charge in [0.05, 0.1) is 35.4 Å². The Hall–Kier alpha value is -3.49. The molecule has 0 fully saturated rings. The number of hydrogen-bond acceptors (Lipinski definition) is 7. The van der Waals surface area contributed by atoms with Gasteiger partial charge in [-0.2, -0.15) is 0 Å². The van der Waals surface area contributed by atoms with Crippen LogP contribution in [0.15, 0.2) is 30.7 Å². The molecule has 2 aromatic rings. The molecule has 2 amide bonds. The number of carbonyl (C=O) groups is 4. The molecule has 0 bridgehead atoms. The lowest BCUT2D eigenvalue weighted by Gasteiger charge is -2.26. The van der Waals surface area contributed by atoms with Crippen molar-refractivity contribution in [2.75, 3.05) is 0 Å². The quantitative estimate of drug-likeness (QED) is 0.609. The summed E-state index contributed by atoms with van der Waals surface area (Å²) < 4.78 is 0. The fraction of sp³-hybridized carbons (Fsp3) is 0.133. The summed E-state index contributed by atoms with van der Waals surface area (Å²) in [5.74, 6) is -4.84. The molecule has 1 atom stereocenters. The summed E-state index contributed by atoms with van der Waals surface area (Å²) >= 11 is 0. The maximum atomic E-state index is 12.4. The first-order chi connectivity index (χ1) is 11.4. The van der Waals surface area contributed by atoms with Gasteiger partial charge in [-0.25, -0.2) is 4.98 Å². The number of aromatic nitrogens is 2. The molecule has 0 saturated heterocycles. The Morgan fingerprint density at radius 2 is 1.88 bits per heavy atom. The number of rotatable bonds is 5. The number of H-pyrrole nitrogens is 1. The Kier molecular flexibility index (Phi) is 3.60. The molecule has 0 saturated carbocycles. The highest BCUT2D eigenvalue weighted by Crippen LogP contribution is 2.26. The molecule has 0 aliphatic carbocycles. The van der Waals surface area contributed by atoms with E-state index in [4.69, 9.17) is 0 Å². The van der Waals surface area contributed by atoms with Crippen molar-refractivity contribution in [3.63, 3.8) is 0 Å². The summed E-state index contributed by atoms with van der Waals surface area (Å²) in [7, 11) is 0. The number of aromatic carboxylic acids is 1. The summed E-state index contributed by atoms with van der Waals surface area (Å²) in [6.07, 6.45) is 2.49. The Balaban J connectivity index is 1.99. The van der Waals surface area contributed by atoms with Crippen LogP contribution in [0.2, 0.25) is 0 Å². The van der Waals surface area contributed by atoms with E-state index in [0.717, 1.165) is 18.2 Å². The summed E-state index contributed by atoms with van der Waals surface area (Å²) in [6, 6.07) is 1.71. The summed E-state index contributed by atoms with van der Waals surface area (Å²) in [5.41, 5.74) is -0.134. The predicted octanol–water partition coefficient (Wildman–Crippen LogP) is -2.27. The third kappa shape index (κ3) is 2.41. The highest BCUT2D eigenvalue weighted by atomic mass is 16.4. The van der Waals surface area contributed by atoms with Gasteiger partial charge in [0.1, 0.15) is 0 Å². The van der Waals surface area contributed by atoms with E-state index in [1.54, 1.807) is 0 Å². The summed E-state index contributed by atoms with van der Waals surface area (Å²) in [6.45, 7) is 0. The van der Waals surface area contributed by atoms with Gasteiger partial charge in [0.25, 0.3) is 11.8 Å². The molecular weight excluding hydrogens is 318 g/mol. The van der Waals surface area contributed by atoms with Crippen molar-refractivity contribution in [2.45, 2.75) is 12.5 Å². The molecule has 0 radical (unpaired) electrons. The third-order valence-electron chi connectivity index (χ3n) is 3.71. The maximum Gasteiger partial charge on any atom is 0.262 e. The number of fused-ring (bicyclic) bond motifs is 1. The first-order valence-electron chi connectivity index (χ1n) is 6.81. The van der Waals surface area contributed by atoms with Crippen molar-refractivity contribution in [3.05, 3.63) is 53.1 Å². The normalized spacial score (nSPS) is 14.6. The molecule has 1 aliphatic rings. The van der Waals surface area contributed by atoms with Crippen LogP contribution in [0, 0.1) is 0 Å². The van der Waals surface area contributed by atoms with E-state index in [1.807, 2.05) is 0 Å². The van der Waals surface area contributed by atoms with E-state index in [2.05, 4.69) is 9.97 Å². The zero-order chi connectivity index (χ0) is 17.4. The zero-order valence-electron chi connectivity index (χ0n) is 12.0. The number of carboxylic acid groups (broad SMARTS) is 2. The van der Waals surface area contributed by atoms with Gasteiger partial charge in [0, 0.05) is 18.3 Å². The fourth-order valence-electron chi connectivity index (χ4n) is 2.55. The van der Waals surface area contributed by atoms with Gasteiger partial charge in [-0.05, 0) is 17.7 Å². The van der Waals surface area contributed by atoms with E-state index >= 15 is 0 Å². The van der Waals surface area contributed by atoms with Gasteiger partial charge in [0.2, 0.25) is 0 Å². The van der Waals surface area contributed by atoms with Crippen LogP contribution in [-0.2, 0) is 11.2 Å². The van der Waals surface area contributed by atoms with Crippen molar-refractivity contribution in [1.82, 2.24) is 14.9 Å². The number of imidazole rings is 1. The topological polar surface area (TPSA) is 146 Å². The summed E-state index contributed by atoms with van der Waals surface area (Å²) in [5, 5.41) is 22.3. The van der Waals surface area contributed by atoms with E-state index in [-0.39, 0.29) is 23.1 Å². The third-order valence-corrected chi connectivity index (χ3v) is 3.71. The Morgan fingerprint density at radius 1 is 1.17 bits per heavy atom. The molecule has 1 N–H and O–H groups in total. The highest BCUT2D eigenvalue weighted by molar-refractivity contribution is 6.23. The van der Waals surface area contributed by atoms with Gasteiger partial charge in [-0.15, -0.1) is 0 Å². The van der Waals surface area contributed by atoms with E-state index in [9.17, 15) is 29.4 Å². The molecule has 2 heterocycles. The largest absolute Gasteiger partial charge is 0.548 e. The number of imide groups is 1. The van der Waals surface area contributed by atoms with Crippen LogP contribution >= 0.6 is 0 Å². The van der Waals surface area contributed by atoms with Crippen molar-refractivity contribution in [1.29, 1.82) is 0 Å². The minimum Gasteiger partial charge on any atom is -0.548 e. The van der Waals surface area contributed by atoms with Crippen molar-refractivity contribution >= 4 is 23.8 Å². The lowest BCUT2D eigenvalue weighted by molar-refractivity contribution is -0.310. The van der Waals surface area contributed by atoms with Crippen LogP contribution in [0.1, 0.15) is 36.8 Å². The number of hydrogen-bond donors (Lipinski definition) is 1. The minimum absolute atomic E-state index is 0.0686. The average Bonchev–Trinajstić information content (AvgIpc) is 3.13. The van der Waals surface area contributed by atoms with E-state index in [1.165, 1.54) is 12.5 Å². The molecule has 1 aliphatic heterocycles. The number of carbonyl (C=O) groups excluding carboxylic acids is 4. The van der Waals surface area contributed by atoms with Gasteiger partial charge < -0.3 is 24.8 Å². The number of aromatic amines is 1. The molecule has 1 aromatic carbocycles. The molecule has 122 valence electrons. The van der Waals surface area contributed by atoms with Crippen molar-refractivity contribution < 1.29 is 29.4 Å². The molecule has 1 aromatic heterocycles. The summed E-state index contributed by atoms with van der Waals surface area (Å²) in [4.78, 5) is 54.1. The van der Waals surface area contributed by atoms with Gasteiger partial charge in [-0.1, -0.05) is 6.07 Å². The second-order valence-electron chi connectivity index (χ2n) is 5.14. The SMILES string of the molecule is O=C([O-])c1ccc2c(c1)C(=O)N([C@@H](Cc1cnc[nH]1)C(=O)[O-])C2=O. The number of amides is 2. The lowest BCUT2D eigenvalue weighted by Crippen LogP contribution is -2.51. The number of aliphatic carboxylic acids is 1. The number of benzene rings is 1.